The molecule has 1 fully saturated rings. The number of hydrogen-bond acceptors (Lipinski definition) is 3. The van der Waals surface area contributed by atoms with Crippen molar-refractivity contribution in [3.8, 4) is 5.88 Å². The van der Waals surface area contributed by atoms with Gasteiger partial charge in [-0.3, -0.25) is 0 Å². The van der Waals surface area contributed by atoms with Crippen LogP contribution >= 0.6 is 0 Å². The van der Waals surface area contributed by atoms with E-state index in [0.717, 1.165) is 37.0 Å². The van der Waals surface area contributed by atoms with Crippen LogP contribution in [-0.2, 0) is 6.54 Å². The van der Waals surface area contributed by atoms with Gasteiger partial charge in [0.05, 0.1) is 5.69 Å². The molecule has 3 heteroatoms. The second-order valence-corrected chi connectivity index (χ2v) is 6.73. The fourth-order valence-corrected chi connectivity index (χ4v) is 3.28. The Labute approximate surface area is 129 Å². The van der Waals surface area contributed by atoms with Crippen molar-refractivity contribution < 1.29 is 4.74 Å². The highest BCUT2D eigenvalue weighted by molar-refractivity contribution is 5.16. The van der Waals surface area contributed by atoms with Crippen LogP contribution in [0.2, 0.25) is 0 Å². The smallest absolute Gasteiger partial charge is 0.213 e. The van der Waals surface area contributed by atoms with Gasteiger partial charge >= 0.3 is 0 Å². The Kier molecular flexibility index (Phi) is 6.04. The van der Waals surface area contributed by atoms with E-state index in [1.165, 1.54) is 12.8 Å². The summed E-state index contributed by atoms with van der Waals surface area (Å²) in [6.45, 7) is 10.8. The molecule has 1 aliphatic carbocycles. The minimum absolute atomic E-state index is 0.315. The van der Waals surface area contributed by atoms with E-state index in [0.29, 0.717) is 17.9 Å². The zero-order valence-electron chi connectivity index (χ0n) is 13.9. The van der Waals surface area contributed by atoms with Gasteiger partial charge < -0.3 is 10.1 Å². The molecule has 3 nitrogen and oxygen atoms in total. The zero-order valence-corrected chi connectivity index (χ0v) is 13.9. The van der Waals surface area contributed by atoms with E-state index < -0.39 is 0 Å². The van der Waals surface area contributed by atoms with Crippen molar-refractivity contribution in [3.63, 3.8) is 0 Å². The number of nitrogens with zero attached hydrogens (tertiary/aromatic N) is 1. The molecule has 0 amide bonds. The molecule has 1 N–H and O–H groups in total. The summed E-state index contributed by atoms with van der Waals surface area (Å²) in [5.74, 6) is 2.87. The van der Waals surface area contributed by atoms with Gasteiger partial charge in [-0.2, -0.15) is 0 Å². The maximum atomic E-state index is 6.28. The lowest BCUT2D eigenvalue weighted by molar-refractivity contribution is 0.0425. The Hall–Kier alpha value is -1.09. The van der Waals surface area contributed by atoms with Crippen molar-refractivity contribution in [2.24, 2.45) is 17.8 Å². The van der Waals surface area contributed by atoms with Crippen molar-refractivity contribution in [3.05, 3.63) is 23.9 Å². The van der Waals surface area contributed by atoms with E-state index in [1.54, 1.807) is 0 Å². The van der Waals surface area contributed by atoms with E-state index in [9.17, 15) is 0 Å². The number of nitrogens with one attached hydrogen (secondary N) is 1. The quantitative estimate of drug-likeness (QED) is 0.859. The first-order valence-electron chi connectivity index (χ1n) is 8.43. The van der Waals surface area contributed by atoms with Crippen molar-refractivity contribution in [1.82, 2.24) is 10.3 Å². The number of ether oxygens (including phenoxy) is 1. The van der Waals surface area contributed by atoms with Gasteiger partial charge in [-0.15, -0.1) is 0 Å². The second-order valence-electron chi connectivity index (χ2n) is 6.73. The minimum Gasteiger partial charge on any atom is -0.474 e. The average Bonchev–Trinajstić information content (AvgIpc) is 2.45. The van der Waals surface area contributed by atoms with Crippen LogP contribution in [0.5, 0.6) is 5.88 Å². The molecule has 0 spiro atoms. The fourth-order valence-electron chi connectivity index (χ4n) is 3.28. The summed E-state index contributed by atoms with van der Waals surface area (Å²) in [5.41, 5.74) is 1.05. The predicted octanol–water partition coefficient (Wildman–Crippen LogP) is 4.03. The summed E-state index contributed by atoms with van der Waals surface area (Å²) < 4.78 is 6.28. The molecule has 0 saturated heterocycles. The van der Waals surface area contributed by atoms with E-state index in [1.807, 2.05) is 12.1 Å². The SMILES string of the molecule is CCNCc1cccc(OC2CC(C)CCC2C(C)C)n1. The normalized spacial score (nSPS) is 26.0. The molecule has 1 saturated carbocycles. The summed E-state index contributed by atoms with van der Waals surface area (Å²) in [5, 5.41) is 3.31. The first kappa shape index (κ1) is 16.3. The lowest BCUT2D eigenvalue weighted by Gasteiger charge is -2.37. The Morgan fingerprint density at radius 1 is 1.33 bits per heavy atom. The molecule has 1 aromatic rings. The summed E-state index contributed by atoms with van der Waals surface area (Å²) in [6, 6.07) is 6.09. The van der Waals surface area contributed by atoms with E-state index in [2.05, 4.69) is 44.1 Å². The van der Waals surface area contributed by atoms with Gasteiger partial charge in [-0.05, 0) is 43.2 Å². The molecule has 3 atom stereocenters. The van der Waals surface area contributed by atoms with Crippen LogP contribution in [0.25, 0.3) is 0 Å². The van der Waals surface area contributed by atoms with Gasteiger partial charge in [0.25, 0.3) is 0 Å². The number of aromatic nitrogens is 1. The third-order valence-electron chi connectivity index (χ3n) is 4.57. The summed E-state index contributed by atoms with van der Waals surface area (Å²) in [7, 11) is 0. The standard InChI is InChI=1S/C18H30N2O/c1-5-19-12-15-7-6-8-18(20-15)21-17-11-14(4)9-10-16(17)13(2)3/h6-8,13-14,16-17,19H,5,9-12H2,1-4H3. The molecule has 0 radical (unpaired) electrons. The van der Waals surface area contributed by atoms with Gasteiger partial charge in [0, 0.05) is 12.6 Å². The molecular weight excluding hydrogens is 260 g/mol. The topological polar surface area (TPSA) is 34.1 Å². The predicted molar refractivity (Wildman–Crippen MR) is 87.4 cm³/mol. The highest BCUT2D eigenvalue weighted by Crippen LogP contribution is 2.35. The lowest BCUT2D eigenvalue weighted by Crippen LogP contribution is -2.36. The third kappa shape index (κ3) is 4.70. The number of rotatable bonds is 6. The second kappa shape index (κ2) is 7.79. The third-order valence-corrected chi connectivity index (χ3v) is 4.57. The van der Waals surface area contributed by atoms with Crippen LogP contribution < -0.4 is 10.1 Å². The van der Waals surface area contributed by atoms with Gasteiger partial charge in [-0.25, -0.2) is 4.98 Å². The summed E-state index contributed by atoms with van der Waals surface area (Å²) >= 11 is 0. The molecule has 1 heterocycles. The summed E-state index contributed by atoms with van der Waals surface area (Å²) in [6.07, 6.45) is 4.08. The summed E-state index contributed by atoms with van der Waals surface area (Å²) in [4.78, 5) is 4.64. The lowest BCUT2D eigenvalue weighted by atomic mass is 9.75. The highest BCUT2D eigenvalue weighted by atomic mass is 16.5. The van der Waals surface area contributed by atoms with Crippen LogP contribution in [0.1, 0.15) is 52.7 Å². The van der Waals surface area contributed by atoms with Crippen LogP contribution in [0.4, 0.5) is 0 Å². The van der Waals surface area contributed by atoms with Crippen molar-refractivity contribution in [2.75, 3.05) is 6.54 Å². The molecule has 1 aromatic heterocycles. The van der Waals surface area contributed by atoms with Crippen LogP contribution in [0.3, 0.4) is 0 Å². The zero-order chi connectivity index (χ0) is 15.2. The monoisotopic (exact) mass is 290 g/mol. The van der Waals surface area contributed by atoms with Crippen LogP contribution in [0.15, 0.2) is 18.2 Å². The molecule has 2 rings (SSSR count). The maximum absolute atomic E-state index is 6.28. The van der Waals surface area contributed by atoms with Gasteiger partial charge in [-0.1, -0.05) is 40.2 Å². The van der Waals surface area contributed by atoms with E-state index in [4.69, 9.17) is 4.74 Å². The van der Waals surface area contributed by atoms with Crippen molar-refractivity contribution in [2.45, 2.75) is 59.6 Å². The molecule has 118 valence electrons. The van der Waals surface area contributed by atoms with Crippen LogP contribution in [-0.4, -0.2) is 17.6 Å². The maximum Gasteiger partial charge on any atom is 0.213 e. The largest absolute Gasteiger partial charge is 0.474 e. The fraction of sp³-hybridized carbons (Fsp3) is 0.722. The number of hydrogen-bond donors (Lipinski definition) is 1. The Bertz CT molecular complexity index is 433. The molecule has 0 aliphatic heterocycles. The van der Waals surface area contributed by atoms with Crippen molar-refractivity contribution in [1.29, 1.82) is 0 Å². The molecule has 21 heavy (non-hydrogen) atoms. The first-order valence-corrected chi connectivity index (χ1v) is 8.43. The van der Waals surface area contributed by atoms with E-state index >= 15 is 0 Å². The van der Waals surface area contributed by atoms with Crippen molar-refractivity contribution >= 4 is 0 Å². The molecule has 0 bridgehead atoms. The average molecular weight is 290 g/mol. The first-order chi connectivity index (χ1) is 10.1. The van der Waals surface area contributed by atoms with Gasteiger partial charge in [0.2, 0.25) is 5.88 Å². The Morgan fingerprint density at radius 2 is 2.14 bits per heavy atom. The minimum atomic E-state index is 0.315. The molecule has 1 aliphatic rings. The Morgan fingerprint density at radius 3 is 2.86 bits per heavy atom. The highest BCUT2D eigenvalue weighted by Gasteiger charge is 2.32. The molecular formula is C18H30N2O. The number of pyridine rings is 1. The molecule has 3 unspecified atom stereocenters. The van der Waals surface area contributed by atoms with E-state index in [-0.39, 0.29) is 0 Å². The van der Waals surface area contributed by atoms with Crippen LogP contribution in [0, 0.1) is 17.8 Å². The van der Waals surface area contributed by atoms with Gasteiger partial charge in [0.1, 0.15) is 6.10 Å². The molecule has 0 aromatic carbocycles. The van der Waals surface area contributed by atoms with Gasteiger partial charge in [0.15, 0.2) is 0 Å². The Balaban J connectivity index is 2.04.